The number of esters is 1. The van der Waals surface area contributed by atoms with Gasteiger partial charge in [0.15, 0.2) is 5.79 Å². The third kappa shape index (κ3) is 6.79. The molecule has 31 heavy (non-hydrogen) atoms. The number of fused-ring (bicyclic) bond motifs is 2. The highest BCUT2D eigenvalue weighted by molar-refractivity contribution is 8.14. The number of aliphatic hydroxyl groups is 3. The van der Waals surface area contributed by atoms with Gasteiger partial charge in [0, 0.05) is 24.7 Å². The van der Waals surface area contributed by atoms with Gasteiger partial charge in [-0.1, -0.05) is 36.4 Å². The molecule has 0 aromatic carbocycles. The second-order valence-corrected chi connectivity index (χ2v) is 9.90. The number of carbonyl (C=O) groups is 2. The van der Waals surface area contributed by atoms with Crippen LogP contribution in [-0.2, 0) is 14.3 Å². The van der Waals surface area contributed by atoms with E-state index in [1.54, 1.807) is 13.0 Å². The topological polar surface area (TPSA) is 125 Å². The Hall–Kier alpha value is -1.39. The van der Waals surface area contributed by atoms with Crippen molar-refractivity contribution < 1.29 is 34.4 Å². The number of carbonyl (C=O) groups excluding carboxylic acids is 2. The number of thioether (sulfide) groups is 1. The fraction of sp³-hybridized carbons (Fsp3) is 0.727. The van der Waals surface area contributed by atoms with Gasteiger partial charge in [0.1, 0.15) is 6.10 Å². The molecule has 2 fully saturated rings. The van der Waals surface area contributed by atoms with Crippen LogP contribution in [0.25, 0.3) is 0 Å². The van der Waals surface area contributed by atoms with Crippen LogP contribution in [0, 0.1) is 5.92 Å². The summed E-state index contributed by atoms with van der Waals surface area (Å²) < 4.78 is 11.7. The Kier molecular flexibility index (Phi) is 8.20. The Labute approximate surface area is 187 Å². The SMILES string of the molecule is C/C1=C/C(=O)O[C@@H]2C[C@@H](CC[C@H](C)C=C[C@H](O)[C@H](O)CC1)O[C@@](O)([C@@H]1CSC(=O)N1)C2. The third-order valence-electron chi connectivity index (χ3n) is 6.09. The van der Waals surface area contributed by atoms with Crippen molar-refractivity contribution in [2.75, 3.05) is 5.75 Å². The van der Waals surface area contributed by atoms with Crippen LogP contribution in [0.5, 0.6) is 0 Å². The molecule has 2 bridgehead atoms. The lowest BCUT2D eigenvalue weighted by Gasteiger charge is -2.43. The van der Waals surface area contributed by atoms with E-state index in [1.807, 2.05) is 13.0 Å². The van der Waals surface area contributed by atoms with Gasteiger partial charge in [0.25, 0.3) is 5.24 Å². The van der Waals surface area contributed by atoms with Crippen LogP contribution in [0.3, 0.4) is 0 Å². The highest BCUT2D eigenvalue weighted by Crippen LogP contribution is 2.37. The van der Waals surface area contributed by atoms with Crippen molar-refractivity contribution in [3.05, 3.63) is 23.8 Å². The number of aliphatic hydroxyl groups excluding tert-OH is 2. The molecule has 0 aromatic heterocycles. The minimum atomic E-state index is -1.60. The normalized spacial score (nSPS) is 42.4. The van der Waals surface area contributed by atoms with Gasteiger partial charge in [0.2, 0.25) is 0 Å². The van der Waals surface area contributed by atoms with Gasteiger partial charge in [-0.3, -0.25) is 4.79 Å². The molecule has 0 radical (unpaired) electrons. The average Bonchev–Trinajstić information content (AvgIpc) is 3.14. The van der Waals surface area contributed by atoms with Crippen LogP contribution in [-0.4, -0.2) is 68.5 Å². The van der Waals surface area contributed by atoms with Crippen molar-refractivity contribution >= 4 is 23.0 Å². The zero-order chi connectivity index (χ0) is 22.6. The summed E-state index contributed by atoms with van der Waals surface area (Å²) in [6, 6.07) is -0.564. The standard InChI is InChI=1S/C22H33NO7S/c1-13-3-6-15-10-16(11-22(28,30-15)19-12-31-21(27)23-19)29-20(26)9-14(2)5-8-18(25)17(24)7-4-13/h4,7,9,13,15-19,24-25,28H,3,5-6,8,10-12H2,1-2H3,(H,23,27)/b7-4?,14-9-/t13-,15+,16+,17-,18+,19-,22+/m0/s1. The molecule has 3 rings (SSSR count). The van der Waals surface area contributed by atoms with E-state index in [4.69, 9.17) is 9.47 Å². The van der Waals surface area contributed by atoms with Crippen molar-refractivity contribution in [3.8, 4) is 0 Å². The number of rotatable bonds is 1. The van der Waals surface area contributed by atoms with Crippen LogP contribution >= 0.6 is 11.8 Å². The molecule has 7 atom stereocenters. The molecule has 0 unspecified atom stereocenters. The van der Waals surface area contributed by atoms with E-state index in [1.165, 1.54) is 6.08 Å². The fourth-order valence-corrected chi connectivity index (χ4v) is 5.09. The Bertz CT molecular complexity index is 727. The summed E-state index contributed by atoms with van der Waals surface area (Å²) in [4.78, 5) is 24.1. The molecule has 0 aromatic rings. The molecule has 2 saturated heterocycles. The number of amides is 1. The van der Waals surface area contributed by atoms with Crippen LogP contribution < -0.4 is 5.32 Å². The second-order valence-electron chi connectivity index (χ2n) is 8.91. The molecule has 9 heteroatoms. The van der Waals surface area contributed by atoms with Gasteiger partial charge in [-0.2, -0.15) is 0 Å². The minimum Gasteiger partial charge on any atom is -0.459 e. The summed E-state index contributed by atoms with van der Waals surface area (Å²) >= 11 is 1.10. The monoisotopic (exact) mass is 455 g/mol. The van der Waals surface area contributed by atoms with E-state index < -0.39 is 36.1 Å². The summed E-state index contributed by atoms with van der Waals surface area (Å²) in [5.41, 5.74) is 0.735. The smallest absolute Gasteiger partial charge is 0.330 e. The molecule has 0 aliphatic carbocycles. The zero-order valence-corrected chi connectivity index (χ0v) is 18.8. The fourth-order valence-electron chi connectivity index (χ4n) is 4.20. The number of allylic oxidation sites excluding steroid dienone is 2. The highest BCUT2D eigenvalue weighted by atomic mass is 32.2. The van der Waals surface area contributed by atoms with Crippen LogP contribution in [0.1, 0.15) is 52.4 Å². The predicted molar refractivity (Wildman–Crippen MR) is 116 cm³/mol. The molecule has 3 aliphatic rings. The summed E-state index contributed by atoms with van der Waals surface area (Å²) in [6.07, 6.45) is 4.79. The first-order valence-electron chi connectivity index (χ1n) is 10.9. The van der Waals surface area contributed by atoms with E-state index in [9.17, 15) is 24.9 Å². The van der Waals surface area contributed by atoms with E-state index in [0.717, 1.165) is 23.8 Å². The maximum atomic E-state index is 12.5. The molecule has 0 spiro atoms. The Morgan fingerprint density at radius 3 is 2.65 bits per heavy atom. The quantitative estimate of drug-likeness (QED) is 0.350. The van der Waals surface area contributed by atoms with Crippen molar-refractivity contribution in [2.45, 2.75) is 88.6 Å². The first kappa shape index (κ1) is 24.3. The van der Waals surface area contributed by atoms with Gasteiger partial charge in [-0.15, -0.1) is 0 Å². The number of ether oxygens (including phenoxy) is 2. The van der Waals surface area contributed by atoms with E-state index >= 15 is 0 Å². The highest BCUT2D eigenvalue weighted by Gasteiger charge is 2.49. The zero-order valence-electron chi connectivity index (χ0n) is 18.0. The first-order chi connectivity index (χ1) is 14.6. The van der Waals surface area contributed by atoms with Crippen LogP contribution in [0.4, 0.5) is 4.79 Å². The molecule has 4 N–H and O–H groups in total. The van der Waals surface area contributed by atoms with Gasteiger partial charge in [-0.25, -0.2) is 4.79 Å². The lowest BCUT2D eigenvalue weighted by atomic mass is 9.90. The minimum absolute atomic E-state index is 0.0913. The Balaban J connectivity index is 1.79. The Morgan fingerprint density at radius 2 is 1.94 bits per heavy atom. The molecule has 1 amide bonds. The van der Waals surface area contributed by atoms with Gasteiger partial charge in [0.05, 0.1) is 24.4 Å². The van der Waals surface area contributed by atoms with E-state index in [2.05, 4.69) is 5.32 Å². The van der Waals surface area contributed by atoms with Crippen LogP contribution in [0.2, 0.25) is 0 Å². The Morgan fingerprint density at radius 1 is 1.16 bits per heavy atom. The van der Waals surface area contributed by atoms with Crippen molar-refractivity contribution in [2.24, 2.45) is 5.92 Å². The number of hydrogen-bond donors (Lipinski definition) is 4. The molecular formula is C22H33NO7S. The number of hydrogen-bond acceptors (Lipinski definition) is 8. The average molecular weight is 456 g/mol. The summed E-state index contributed by atoms with van der Waals surface area (Å²) in [7, 11) is 0. The van der Waals surface area contributed by atoms with E-state index in [-0.39, 0.29) is 23.7 Å². The number of nitrogens with one attached hydrogen (secondary N) is 1. The third-order valence-corrected chi connectivity index (χ3v) is 6.97. The molecule has 3 heterocycles. The maximum Gasteiger partial charge on any atom is 0.330 e. The summed E-state index contributed by atoms with van der Waals surface area (Å²) in [6.45, 7) is 3.78. The second kappa shape index (κ2) is 10.5. The van der Waals surface area contributed by atoms with E-state index in [0.29, 0.717) is 31.4 Å². The molecule has 3 aliphatic heterocycles. The lowest BCUT2D eigenvalue weighted by Crippen LogP contribution is -2.58. The lowest BCUT2D eigenvalue weighted by molar-refractivity contribution is -0.283. The summed E-state index contributed by atoms with van der Waals surface area (Å²) in [5.74, 6) is -1.60. The van der Waals surface area contributed by atoms with Crippen molar-refractivity contribution in [1.29, 1.82) is 0 Å². The molecule has 0 saturated carbocycles. The van der Waals surface area contributed by atoms with Gasteiger partial charge >= 0.3 is 5.97 Å². The molecule has 8 nitrogen and oxygen atoms in total. The van der Waals surface area contributed by atoms with Crippen molar-refractivity contribution in [1.82, 2.24) is 5.32 Å². The van der Waals surface area contributed by atoms with Gasteiger partial charge in [-0.05, 0) is 38.5 Å². The largest absolute Gasteiger partial charge is 0.459 e. The predicted octanol–water partition coefficient (Wildman–Crippen LogP) is 2.03. The maximum absolute atomic E-state index is 12.5. The summed E-state index contributed by atoms with van der Waals surface area (Å²) in [5, 5.41) is 34.1. The van der Waals surface area contributed by atoms with Crippen LogP contribution in [0.15, 0.2) is 23.8 Å². The first-order valence-corrected chi connectivity index (χ1v) is 11.9. The molecule has 174 valence electrons. The molecular weight excluding hydrogens is 422 g/mol. The van der Waals surface area contributed by atoms with Crippen molar-refractivity contribution in [3.63, 3.8) is 0 Å². The van der Waals surface area contributed by atoms with Gasteiger partial charge < -0.3 is 30.1 Å².